The van der Waals surface area contributed by atoms with Crippen molar-refractivity contribution in [2.24, 2.45) is 16.7 Å². The molecule has 2 rings (SSSR count). The van der Waals surface area contributed by atoms with Crippen molar-refractivity contribution in [1.29, 1.82) is 0 Å². The predicted molar refractivity (Wildman–Crippen MR) is 70.6 cm³/mol. The Labute approximate surface area is 110 Å². The molecule has 104 valence electrons. The zero-order valence-corrected chi connectivity index (χ0v) is 12.4. The minimum Gasteiger partial charge on any atom is -0.299 e. The summed E-state index contributed by atoms with van der Waals surface area (Å²) < 4.78 is 26.9. The van der Waals surface area contributed by atoms with Crippen LogP contribution in [0.4, 0.5) is 0 Å². The molecule has 2 fully saturated rings. The van der Waals surface area contributed by atoms with Crippen molar-refractivity contribution in [3.8, 4) is 0 Å². The Morgan fingerprint density at radius 1 is 1.39 bits per heavy atom. The summed E-state index contributed by atoms with van der Waals surface area (Å²) in [6.45, 7) is 7.71. The largest absolute Gasteiger partial charge is 0.299 e. The molecule has 2 aliphatic rings. The van der Waals surface area contributed by atoms with E-state index in [0.717, 1.165) is 12.8 Å². The first-order valence-corrected chi connectivity index (χ1v) is 8.29. The number of nitrogens with one attached hydrogen (secondary N) is 1. The quantitative estimate of drug-likeness (QED) is 0.848. The lowest BCUT2D eigenvalue weighted by atomic mass is 9.70. The van der Waals surface area contributed by atoms with Gasteiger partial charge in [-0.2, -0.15) is 0 Å². The number of Topliss-reactive ketones (excluding diaryl/α,β-unsaturated/α-hetero) is 1. The van der Waals surface area contributed by atoms with Gasteiger partial charge >= 0.3 is 0 Å². The summed E-state index contributed by atoms with van der Waals surface area (Å²) in [6.07, 6.45) is 2.27. The highest BCUT2D eigenvalue weighted by atomic mass is 32.2. The molecule has 1 N–H and O–H groups in total. The van der Waals surface area contributed by atoms with Crippen LogP contribution in [0, 0.1) is 16.7 Å². The Morgan fingerprint density at radius 2 is 2.00 bits per heavy atom. The second-order valence-corrected chi connectivity index (χ2v) is 8.45. The van der Waals surface area contributed by atoms with Gasteiger partial charge in [0.15, 0.2) is 0 Å². The number of carbonyl (C=O) groups excluding carboxylic acids is 1. The number of sulfonamides is 1. The third kappa shape index (κ3) is 1.92. The molecule has 5 heteroatoms. The lowest BCUT2D eigenvalue weighted by molar-refractivity contribution is -0.128. The minimum atomic E-state index is -3.38. The van der Waals surface area contributed by atoms with Gasteiger partial charge < -0.3 is 0 Å². The van der Waals surface area contributed by atoms with Crippen LogP contribution in [0.25, 0.3) is 0 Å². The average molecular weight is 273 g/mol. The number of hydrogen-bond donors (Lipinski definition) is 1. The SMILES string of the molecule is CC(C)NS(=O)(=O)C[C@@]12CC[C@@H](CC1=O)C2(C)C. The van der Waals surface area contributed by atoms with E-state index < -0.39 is 15.4 Å². The van der Waals surface area contributed by atoms with E-state index in [4.69, 9.17) is 0 Å². The summed E-state index contributed by atoms with van der Waals surface area (Å²) >= 11 is 0. The highest BCUT2D eigenvalue weighted by molar-refractivity contribution is 7.89. The van der Waals surface area contributed by atoms with Gasteiger partial charge in [-0.1, -0.05) is 13.8 Å². The molecule has 2 atom stereocenters. The summed E-state index contributed by atoms with van der Waals surface area (Å²) in [6, 6.07) is -0.122. The van der Waals surface area contributed by atoms with E-state index in [2.05, 4.69) is 18.6 Å². The predicted octanol–water partition coefficient (Wildman–Crippen LogP) is 1.71. The Bertz CT molecular complexity index is 467. The van der Waals surface area contributed by atoms with Crippen molar-refractivity contribution >= 4 is 15.8 Å². The number of rotatable bonds is 4. The molecule has 0 unspecified atom stereocenters. The van der Waals surface area contributed by atoms with Crippen LogP contribution < -0.4 is 4.72 Å². The van der Waals surface area contributed by atoms with Crippen molar-refractivity contribution in [3.05, 3.63) is 0 Å². The first kappa shape index (κ1) is 14.0. The zero-order valence-electron chi connectivity index (χ0n) is 11.6. The van der Waals surface area contributed by atoms with Crippen LogP contribution in [0.1, 0.15) is 47.0 Å². The Morgan fingerprint density at radius 3 is 2.39 bits per heavy atom. The summed E-state index contributed by atoms with van der Waals surface area (Å²) in [7, 11) is -3.38. The summed E-state index contributed by atoms with van der Waals surface area (Å²) in [5.74, 6) is 0.470. The molecule has 2 aliphatic carbocycles. The van der Waals surface area contributed by atoms with E-state index in [1.807, 2.05) is 0 Å². The van der Waals surface area contributed by atoms with Gasteiger partial charge in [-0.25, -0.2) is 13.1 Å². The lowest BCUT2D eigenvalue weighted by Crippen LogP contribution is -2.46. The van der Waals surface area contributed by atoms with E-state index in [1.165, 1.54) is 0 Å². The maximum absolute atomic E-state index is 12.2. The molecule has 2 bridgehead atoms. The van der Waals surface area contributed by atoms with E-state index in [9.17, 15) is 13.2 Å². The Kier molecular flexibility index (Phi) is 3.14. The summed E-state index contributed by atoms with van der Waals surface area (Å²) in [4.78, 5) is 12.2. The third-order valence-corrected chi connectivity index (χ3v) is 6.69. The molecule has 0 spiro atoms. The first-order chi connectivity index (χ1) is 8.11. The van der Waals surface area contributed by atoms with Crippen molar-refractivity contribution in [3.63, 3.8) is 0 Å². The molecule has 0 radical (unpaired) electrons. The third-order valence-electron chi connectivity index (χ3n) is 4.99. The second-order valence-electron chi connectivity index (χ2n) is 6.70. The molecule has 2 saturated carbocycles. The van der Waals surface area contributed by atoms with Gasteiger partial charge in [-0.3, -0.25) is 4.79 Å². The van der Waals surface area contributed by atoms with Crippen LogP contribution in [0.15, 0.2) is 0 Å². The number of ketones is 1. The standard InChI is InChI=1S/C13H23NO3S/c1-9(2)14-18(16,17)8-13-6-5-10(7-11(13)15)12(13,3)4/h9-10,14H,5-8H2,1-4H3/t10-,13-/m0/s1. The van der Waals surface area contributed by atoms with Gasteiger partial charge in [0, 0.05) is 17.9 Å². The molecule has 0 aromatic carbocycles. The van der Waals surface area contributed by atoms with Crippen LogP contribution in [0.3, 0.4) is 0 Å². The number of hydrogen-bond acceptors (Lipinski definition) is 3. The minimum absolute atomic E-state index is 0.0412. The van der Waals surface area contributed by atoms with E-state index in [0.29, 0.717) is 12.3 Å². The molecule has 4 nitrogen and oxygen atoms in total. The van der Waals surface area contributed by atoms with Crippen molar-refractivity contribution < 1.29 is 13.2 Å². The van der Waals surface area contributed by atoms with Crippen LogP contribution in [-0.2, 0) is 14.8 Å². The van der Waals surface area contributed by atoms with Crippen LogP contribution in [0.5, 0.6) is 0 Å². The molecular formula is C13H23NO3S. The highest BCUT2D eigenvalue weighted by Crippen LogP contribution is 2.64. The first-order valence-electron chi connectivity index (χ1n) is 6.64. The van der Waals surface area contributed by atoms with Crippen LogP contribution in [-0.4, -0.2) is 26.0 Å². The van der Waals surface area contributed by atoms with E-state index >= 15 is 0 Å². The van der Waals surface area contributed by atoms with E-state index in [1.54, 1.807) is 13.8 Å². The monoisotopic (exact) mass is 273 g/mol. The highest BCUT2D eigenvalue weighted by Gasteiger charge is 2.65. The molecule has 0 aromatic heterocycles. The van der Waals surface area contributed by atoms with Crippen molar-refractivity contribution in [2.75, 3.05) is 5.75 Å². The molecule has 0 saturated heterocycles. The fraction of sp³-hybridized carbons (Fsp3) is 0.923. The maximum Gasteiger partial charge on any atom is 0.212 e. The second kappa shape index (κ2) is 4.04. The van der Waals surface area contributed by atoms with Gasteiger partial charge in [0.2, 0.25) is 10.0 Å². The van der Waals surface area contributed by atoms with Gasteiger partial charge in [-0.05, 0) is 38.0 Å². The maximum atomic E-state index is 12.2. The van der Waals surface area contributed by atoms with Gasteiger partial charge in [-0.15, -0.1) is 0 Å². The van der Waals surface area contributed by atoms with Crippen LogP contribution >= 0.6 is 0 Å². The summed E-state index contributed by atoms with van der Waals surface area (Å²) in [5.41, 5.74) is -0.839. The van der Waals surface area contributed by atoms with Crippen LogP contribution in [0.2, 0.25) is 0 Å². The van der Waals surface area contributed by atoms with Gasteiger partial charge in [0.1, 0.15) is 5.78 Å². The molecule has 0 aliphatic heterocycles. The smallest absolute Gasteiger partial charge is 0.212 e. The topological polar surface area (TPSA) is 63.2 Å². The number of fused-ring (bicyclic) bond motifs is 2. The zero-order chi connectivity index (χ0) is 13.8. The molecule has 0 aromatic rings. The van der Waals surface area contributed by atoms with Gasteiger partial charge in [0.25, 0.3) is 0 Å². The summed E-state index contributed by atoms with van der Waals surface area (Å²) in [5, 5.41) is 0. The molecular weight excluding hydrogens is 250 g/mol. The molecule has 0 heterocycles. The van der Waals surface area contributed by atoms with E-state index in [-0.39, 0.29) is 23.0 Å². The van der Waals surface area contributed by atoms with Gasteiger partial charge in [0.05, 0.1) is 5.75 Å². The fourth-order valence-electron chi connectivity index (χ4n) is 3.83. The normalized spacial score (nSPS) is 34.5. The van der Waals surface area contributed by atoms with Crippen molar-refractivity contribution in [2.45, 2.75) is 53.0 Å². The van der Waals surface area contributed by atoms with Crippen molar-refractivity contribution in [1.82, 2.24) is 4.72 Å². The molecule has 18 heavy (non-hydrogen) atoms. The fourth-order valence-corrected chi connectivity index (χ4v) is 5.96. The number of carbonyl (C=O) groups is 1. The Hall–Kier alpha value is -0.420. The Balaban J connectivity index is 2.30. The lowest BCUT2D eigenvalue weighted by Gasteiger charge is -2.36. The molecule has 0 amide bonds. The average Bonchev–Trinajstić information content (AvgIpc) is 2.48.